The largest absolute Gasteiger partial charge is 0.493 e. The van der Waals surface area contributed by atoms with Gasteiger partial charge in [0.1, 0.15) is 0 Å². The van der Waals surface area contributed by atoms with Gasteiger partial charge in [0.25, 0.3) is 5.91 Å². The molecule has 1 aliphatic heterocycles. The summed E-state index contributed by atoms with van der Waals surface area (Å²) < 4.78 is 15.9. The molecule has 2 aromatic rings. The first kappa shape index (κ1) is 15.7. The predicted octanol–water partition coefficient (Wildman–Crippen LogP) is 3.12. The van der Waals surface area contributed by atoms with Crippen LogP contribution in [0.1, 0.15) is 5.56 Å². The summed E-state index contributed by atoms with van der Waals surface area (Å²) >= 11 is 0. The molecule has 0 bridgehead atoms. The summed E-state index contributed by atoms with van der Waals surface area (Å²) in [5, 5.41) is 5.95. The van der Waals surface area contributed by atoms with Gasteiger partial charge < -0.3 is 24.8 Å². The highest BCUT2D eigenvalue weighted by Gasteiger charge is 2.23. The standard InChI is InChI=1S/C18H18N2O4/c1-22-15-8-11(9-16(23-2)17(15)24-3)19-10-13-12-6-4-5-7-14(12)20-18(13)21/h4-10,19H,1-3H3,(H,20,21)/b13-10-. The van der Waals surface area contributed by atoms with E-state index in [4.69, 9.17) is 14.2 Å². The van der Waals surface area contributed by atoms with E-state index in [1.165, 1.54) is 0 Å². The Labute approximate surface area is 140 Å². The summed E-state index contributed by atoms with van der Waals surface area (Å²) in [7, 11) is 4.66. The molecule has 1 heterocycles. The van der Waals surface area contributed by atoms with Crippen LogP contribution in [0.5, 0.6) is 17.2 Å². The van der Waals surface area contributed by atoms with Crippen LogP contribution in [-0.4, -0.2) is 27.2 Å². The number of nitrogens with one attached hydrogen (secondary N) is 2. The monoisotopic (exact) mass is 326 g/mol. The lowest BCUT2D eigenvalue weighted by Crippen LogP contribution is -2.05. The van der Waals surface area contributed by atoms with Gasteiger partial charge >= 0.3 is 0 Å². The predicted molar refractivity (Wildman–Crippen MR) is 92.8 cm³/mol. The van der Waals surface area contributed by atoms with Crippen LogP contribution in [0.4, 0.5) is 11.4 Å². The number of benzene rings is 2. The van der Waals surface area contributed by atoms with Gasteiger partial charge in [-0.1, -0.05) is 18.2 Å². The number of rotatable bonds is 5. The molecule has 0 radical (unpaired) electrons. The van der Waals surface area contributed by atoms with Crippen LogP contribution in [0.15, 0.2) is 42.6 Å². The van der Waals surface area contributed by atoms with Crippen molar-refractivity contribution in [3.8, 4) is 17.2 Å². The molecule has 1 aliphatic rings. The molecule has 6 heteroatoms. The fourth-order valence-electron chi connectivity index (χ4n) is 2.60. The van der Waals surface area contributed by atoms with Crippen molar-refractivity contribution in [3.05, 3.63) is 48.2 Å². The topological polar surface area (TPSA) is 68.8 Å². The molecule has 0 saturated carbocycles. The summed E-state index contributed by atoms with van der Waals surface area (Å²) in [6.45, 7) is 0. The number of carbonyl (C=O) groups is 1. The molecule has 0 unspecified atom stereocenters. The van der Waals surface area contributed by atoms with Crippen LogP contribution in [0.3, 0.4) is 0 Å². The Hall–Kier alpha value is -3.15. The van der Waals surface area contributed by atoms with Gasteiger partial charge in [0.15, 0.2) is 11.5 Å². The highest BCUT2D eigenvalue weighted by atomic mass is 16.5. The SMILES string of the molecule is COc1cc(N/C=C2\C(=O)Nc3ccccc32)cc(OC)c1OC. The summed E-state index contributed by atoms with van der Waals surface area (Å²) in [6.07, 6.45) is 1.67. The van der Waals surface area contributed by atoms with Gasteiger partial charge in [-0.2, -0.15) is 0 Å². The van der Waals surface area contributed by atoms with E-state index in [1.807, 2.05) is 24.3 Å². The molecule has 0 saturated heterocycles. The number of fused-ring (bicyclic) bond motifs is 1. The number of hydrogen-bond acceptors (Lipinski definition) is 5. The first-order valence-corrected chi connectivity index (χ1v) is 7.35. The molecular formula is C18H18N2O4. The molecule has 3 rings (SSSR count). The highest BCUT2D eigenvalue weighted by Crippen LogP contribution is 2.40. The van der Waals surface area contributed by atoms with E-state index in [0.717, 1.165) is 11.3 Å². The Morgan fingerprint density at radius 3 is 2.29 bits per heavy atom. The number of ether oxygens (including phenoxy) is 3. The fourth-order valence-corrected chi connectivity index (χ4v) is 2.60. The van der Waals surface area contributed by atoms with Gasteiger partial charge in [-0.05, 0) is 6.07 Å². The molecule has 0 spiro atoms. The zero-order valence-electron chi connectivity index (χ0n) is 13.7. The molecule has 6 nitrogen and oxygen atoms in total. The first-order chi connectivity index (χ1) is 11.7. The maximum Gasteiger partial charge on any atom is 0.257 e. The van der Waals surface area contributed by atoms with E-state index in [-0.39, 0.29) is 5.91 Å². The van der Waals surface area contributed by atoms with E-state index < -0.39 is 0 Å². The van der Waals surface area contributed by atoms with E-state index in [2.05, 4.69) is 10.6 Å². The van der Waals surface area contributed by atoms with Crippen molar-refractivity contribution in [3.63, 3.8) is 0 Å². The maximum atomic E-state index is 12.1. The van der Waals surface area contributed by atoms with Crippen LogP contribution in [0, 0.1) is 0 Å². The summed E-state index contributed by atoms with van der Waals surface area (Å²) in [6, 6.07) is 11.1. The third-order valence-corrected chi connectivity index (χ3v) is 3.76. The van der Waals surface area contributed by atoms with Gasteiger partial charge in [-0.3, -0.25) is 4.79 Å². The quantitative estimate of drug-likeness (QED) is 0.826. The lowest BCUT2D eigenvalue weighted by atomic mass is 10.1. The zero-order valence-corrected chi connectivity index (χ0v) is 13.7. The number of anilines is 2. The minimum atomic E-state index is -0.142. The second kappa shape index (κ2) is 6.54. The fraction of sp³-hybridized carbons (Fsp3) is 0.167. The molecule has 24 heavy (non-hydrogen) atoms. The minimum absolute atomic E-state index is 0.142. The van der Waals surface area contributed by atoms with Crippen LogP contribution in [0.25, 0.3) is 5.57 Å². The molecule has 0 aliphatic carbocycles. The minimum Gasteiger partial charge on any atom is -0.493 e. The molecule has 1 amide bonds. The van der Waals surface area contributed by atoms with Gasteiger partial charge in [-0.15, -0.1) is 0 Å². The summed E-state index contributed by atoms with van der Waals surface area (Å²) in [4.78, 5) is 12.1. The average Bonchev–Trinajstić information content (AvgIpc) is 2.94. The number of amides is 1. The Bertz CT molecular complexity index is 789. The smallest absolute Gasteiger partial charge is 0.257 e. The Morgan fingerprint density at radius 1 is 1.00 bits per heavy atom. The maximum absolute atomic E-state index is 12.1. The normalized spacial score (nSPS) is 14.1. The molecule has 0 atom stereocenters. The van der Waals surface area contributed by atoms with Crippen molar-refractivity contribution in [2.75, 3.05) is 32.0 Å². The van der Waals surface area contributed by atoms with Crippen molar-refractivity contribution in [2.45, 2.75) is 0 Å². The summed E-state index contributed by atoms with van der Waals surface area (Å²) in [5.41, 5.74) is 2.96. The number of hydrogen-bond donors (Lipinski definition) is 2. The zero-order chi connectivity index (χ0) is 17.1. The van der Waals surface area contributed by atoms with Gasteiger partial charge in [-0.25, -0.2) is 0 Å². The van der Waals surface area contributed by atoms with Crippen molar-refractivity contribution in [1.82, 2.24) is 0 Å². The third kappa shape index (κ3) is 2.74. The van der Waals surface area contributed by atoms with E-state index in [0.29, 0.717) is 28.5 Å². The third-order valence-electron chi connectivity index (χ3n) is 3.76. The molecule has 0 fully saturated rings. The molecular weight excluding hydrogens is 308 g/mol. The van der Waals surface area contributed by atoms with Crippen LogP contribution in [0.2, 0.25) is 0 Å². The molecule has 2 aromatic carbocycles. The number of methoxy groups -OCH3 is 3. The first-order valence-electron chi connectivity index (χ1n) is 7.35. The van der Waals surface area contributed by atoms with E-state index in [1.54, 1.807) is 39.7 Å². The van der Waals surface area contributed by atoms with Gasteiger partial charge in [0.2, 0.25) is 5.75 Å². The average molecular weight is 326 g/mol. The van der Waals surface area contributed by atoms with E-state index >= 15 is 0 Å². The summed E-state index contributed by atoms with van der Waals surface area (Å²) in [5.74, 6) is 1.45. The van der Waals surface area contributed by atoms with Crippen LogP contribution >= 0.6 is 0 Å². The van der Waals surface area contributed by atoms with Gasteiger partial charge in [0.05, 0.1) is 26.9 Å². The highest BCUT2D eigenvalue weighted by molar-refractivity contribution is 6.31. The second-order valence-electron chi connectivity index (χ2n) is 5.12. The van der Waals surface area contributed by atoms with Crippen LogP contribution < -0.4 is 24.8 Å². The van der Waals surface area contributed by atoms with Crippen LogP contribution in [-0.2, 0) is 4.79 Å². The lowest BCUT2D eigenvalue weighted by Gasteiger charge is -2.14. The van der Waals surface area contributed by atoms with Crippen molar-refractivity contribution in [1.29, 1.82) is 0 Å². The van der Waals surface area contributed by atoms with Gasteiger partial charge in [0, 0.05) is 35.3 Å². The molecule has 2 N–H and O–H groups in total. The van der Waals surface area contributed by atoms with Crippen molar-refractivity contribution >= 4 is 22.9 Å². The molecule has 124 valence electrons. The lowest BCUT2D eigenvalue weighted by molar-refractivity contribution is -0.110. The van der Waals surface area contributed by atoms with E-state index in [9.17, 15) is 4.79 Å². The Balaban J connectivity index is 1.93. The Morgan fingerprint density at radius 2 is 1.67 bits per heavy atom. The second-order valence-corrected chi connectivity index (χ2v) is 5.12. The van der Waals surface area contributed by atoms with Crippen molar-refractivity contribution < 1.29 is 19.0 Å². The Kier molecular flexibility index (Phi) is 4.29. The molecule has 0 aromatic heterocycles. The number of para-hydroxylation sites is 1. The van der Waals surface area contributed by atoms with Crippen molar-refractivity contribution in [2.24, 2.45) is 0 Å². The number of carbonyl (C=O) groups excluding carboxylic acids is 1.